The second-order valence-corrected chi connectivity index (χ2v) is 7.06. The maximum atomic E-state index is 14.7. The molecule has 2 aromatic rings. The van der Waals surface area contributed by atoms with Gasteiger partial charge >= 0.3 is 0 Å². The second-order valence-electron chi connectivity index (χ2n) is 7.06. The fraction of sp³-hybridized carbons (Fsp3) is 0.409. The summed E-state index contributed by atoms with van der Waals surface area (Å²) in [5.41, 5.74) is 2.41. The van der Waals surface area contributed by atoms with E-state index in [9.17, 15) is 4.39 Å². The Morgan fingerprint density at radius 1 is 1.29 bits per heavy atom. The van der Waals surface area contributed by atoms with Crippen LogP contribution in [0.25, 0.3) is 0 Å². The zero-order valence-electron chi connectivity index (χ0n) is 16.9. The highest BCUT2D eigenvalue weighted by Gasteiger charge is 2.43. The largest absolute Gasteiger partial charge is 0.497 e. The second kappa shape index (κ2) is 8.71. The molecule has 0 atom stereocenters. The highest BCUT2D eigenvalue weighted by molar-refractivity contribution is 5.62. The van der Waals surface area contributed by atoms with Gasteiger partial charge in [-0.05, 0) is 54.8 Å². The quantitative estimate of drug-likeness (QED) is 0.504. The maximum absolute atomic E-state index is 14.7. The van der Waals surface area contributed by atoms with Crippen molar-refractivity contribution in [2.24, 2.45) is 4.99 Å². The van der Waals surface area contributed by atoms with Crippen molar-refractivity contribution in [3.8, 4) is 5.75 Å². The van der Waals surface area contributed by atoms with Gasteiger partial charge in [0.05, 0.1) is 33.3 Å². The molecule has 6 heteroatoms. The summed E-state index contributed by atoms with van der Waals surface area (Å²) in [5.74, 6) is 0.416. The van der Waals surface area contributed by atoms with Crippen molar-refractivity contribution < 1.29 is 18.6 Å². The van der Waals surface area contributed by atoms with Crippen LogP contribution in [0.1, 0.15) is 23.6 Å². The monoisotopic (exact) mass is 386 g/mol. The summed E-state index contributed by atoms with van der Waals surface area (Å²) < 4.78 is 31.6. The van der Waals surface area contributed by atoms with Gasteiger partial charge in [-0.25, -0.2) is 9.38 Å². The molecule has 2 aromatic carbocycles. The van der Waals surface area contributed by atoms with E-state index in [0.717, 1.165) is 29.0 Å². The number of benzene rings is 2. The van der Waals surface area contributed by atoms with Gasteiger partial charge in [0.15, 0.2) is 0 Å². The number of hydrogen-bond acceptors (Lipinski definition) is 4. The van der Waals surface area contributed by atoms with E-state index >= 15 is 0 Å². The highest BCUT2D eigenvalue weighted by atomic mass is 19.1. The van der Waals surface area contributed by atoms with Crippen LogP contribution in [0.2, 0.25) is 0 Å². The Hall–Kier alpha value is -2.44. The number of nitrogens with zero attached hydrogens (tertiary/aromatic N) is 2. The molecule has 0 unspecified atom stereocenters. The highest BCUT2D eigenvalue weighted by Crippen LogP contribution is 2.38. The van der Waals surface area contributed by atoms with Crippen molar-refractivity contribution in [1.82, 2.24) is 4.90 Å². The van der Waals surface area contributed by atoms with Gasteiger partial charge in [0, 0.05) is 13.6 Å². The summed E-state index contributed by atoms with van der Waals surface area (Å²) in [7, 11) is 3.53. The lowest BCUT2D eigenvalue weighted by Crippen LogP contribution is -2.49. The molecule has 1 aliphatic rings. The van der Waals surface area contributed by atoms with Crippen LogP contribution < -0.4 is 4.74 Å². The van der Waals surface area contributed by atoms with E-state index in [4.69, 9.17) is 14.2 Å². The number of ether oxygens (including phenoxy) is 3. The molecule has 1 heterocycles. The minimum Gasteiger partial charge on any atom is -0.497 e. The minimum absolute atomic E-state index is 0.324. The molecule has 0 bridgehead atoms. The Kier molecular flexibility index (Phi) is 6.31. The molecule has 5 nitrogen and oxygen atoms in total. The zero-order valence-corrected chi connectivity index (χ0v) is 16.9. The Morgan fingerprint density at radius 2 is 2.07 bits per heavy atom. The van der Waals surface area contributed by atoms with Gasteiger partial charge in [0.2, 0.25) is 0 Å². The van der Waals surface area contributed by atoms with E-state index in [0.29, 0.717) is 25.5 Å². The molecule has 1 saturated heterocycles. The number of aryl methyl sites for hydroxylation is 1. The topological polar surface area (TPSA) is 43.3 Å². The molecule has 3 rings (SSSR count). The number of aliphatic imine (C=N–C) groups is 1. The lowest BCUT2D eigenvalue weighted by atomic mass is 9.87. The van der Waals surface area contributed by atoms with Crippen LogP contribution in [-0.2, 0) is 21.7 Å². The summed E-state index contributed by atoms with van der Waals surface area (Å²) in [6.45, 7) is 5.96. The summed E-state index contributed by atoms with van der Waals surface area (Å²) in [4.78, 5) is 6.15. The summed E-state index contributed by atoms with van der Waals surface area (Å²) >= 11 is 0. The van der Waals surface area contributed by atoms with E-state index < -0.39 is 5.60 Å². The van der Waals surface area contributed by atoms with Crippen LogP contribution in [-0.4, -0.2) is 45.2 Å². The van der Waals surface area contributed by atoms with Crippen molar-refractivity contribution in [3.63, 3.8) is 0 Å². The molecule has 0 radical (unpaired) electrons. The van der Waals surface area contributed by atoms with Crippen LogP contribution in [0, 0.1) is 12.7 Å². The van der Waals surface area contributed by atoms with Gasteiger partial charge in [-0.2, -0.15) is 0 Å². The molecule has 1 aliphatic heterocycles. The van der Waals surface area contributed by atoms with E-state index in [1.165, 1.54) is 6.07 Å². The van der Waals surface area contributed by atoms with Gasteiger partial charge in [-0.15, -0.1) is 0 Å². The smallest absolute Gasteiger partial charge is 0.149 e. The van der Waals surface area contributed by atoms with Crippen molar-refractivity contribution in [1.29, 1.82) is 0 Å². The summed E-state index contributed by atoms with van der Waals surface area (Å²) in [6, 6.07) is 11.0. The van der Waals surface area contributed by atoms with Crippen LogP contribution in [0.5, 0.6) is 5.75 Å². The lowest BCUT2D eigenvalue weighted by Gasteiger charge is -2.42. The molecular weight excluding hydrogens is 359 g/mol. The number of rotatable bonds is 8. The molecule has 0 spiro atoms. The molecule has 0 saturated carbocycles. The first-order valence-electron chi connectivity index (χ1n) is 9.37. The first-order valence-corrected chi connectivity index (χ1v) is 9.37. The van der Waals surface area contributed by atoms with Crippen LogP contribution in [0.4, 0.5) is 10.1 Å². The van der Waals surface area contributed by atoms with Crippen LogP contribution >= 0.6 is 0 Å². The van der Waals surface area contributed by atoms with Gasteiger partial charge in [0.1, 0.15) is 22.9 Å². The average molecular weight is 386 g/mol. The average Bonchev–Trinajstić information content (AvgIpc) is 2.68. The SMILES string of the molecule is CCN(C)C=Nc1cc(C)c(C2(OCc3cccc(OC)c3)COC2)cc1F. The standard InChI is InChI=1S/C22H27FN2O3/c1-5-25(3)15-24-21-9-16(2)19(11-20(21)23)22(13-27-14-22)28-12-17-7-6-8-18(10-17)26-4/h6-11,15H,5,12-14H2,1-4H3. The third kappa shape index (κ3) is 4.34. The molecule has 150 valence electrons. The Labute approximate surface area is 165 Å². The van der Waals surface area contributed by atoms with Crippen molar-refractivity contribution in [2.45, 2.75) is 26.1 Å². The van der Waals surface area contributed by atoms with E-state index in [1.54, 1.807) is 19.5 Å². The third-order valence-corrected chi connectivity index (χ3v) is 5.00. The van der Waals surface area contributed by atoms with Gasteiger partial charge in [0.25, 0.3) is 0 Å². The lowest BCUT2D eigenvalue weighted by molar-refractivity contribution is -0.223. The van der Waals surface area contributed by atoms with Crippen molar-refractivity contribution >= 4 is 12.0 Å². The molecule has 0 N–H and O–H groups in total. The zero-order chi connectivity index (χ0) is 20.1. The van der Waals surface area contributed by atoms with Crippen LogP contribution in [0.15, 0.2) is 41.4 Å². The molecule has 28 heavy (non-hydrogen) atoms. The van der Waals surface area contributed by atoms with E-state index in [-0.39, 0.29) is 5.82 Å². The Balaban J connectivity index is 1.81. The predicted molar refractivity (Wildman–Crippen MR) is 108 cm³/mol. The first kappa shape index (κ1) is 20.3. The molecular formula is C22H27FN2O3. The molecule has 0 aromatic heterocycles. The minimum atomic E-state index is -0.642. The van der Waals surface area contributed by atoms with Gasteiger partial charge in [-0.1, -0.05) is 12.1 Å². The normalized spacial score (nSPS) is 15.5. The summed E-state index contributed by atoms with van der Waals surface area (Å²) in [6.07, 6.45) is 1.64. The fourth-order valence-corrected chi connectivity index (χ4v) is 3.09. The number of halogens is 1. The third-order valence-electron chi connectivity index (χ3n) is 5.00. The first-order chi connectivity index (χ1) is 13.5. The molecule has 0 aliphatic carbocycles. The van der Waals surface area contributed by atoms with E-state index in [2.05, 4.69) is 4.99 Å². The van der Waals surface area contributed by atoms with Gasteiger partial charge < -0.3 is 19.1 Å². The van der Waals surface area contributed by atoms with Crippen molar-refractivity contribution in [3.05, 3.63) is 58.9 Å². The van der Waals surface area contributed by atoms with Crippen molar-refractivity contribution in [2.75, 3.05) is 33.9 Å². The van der Waals surface area contributed by atoms with Crippen LogP contribution in [0.3, 0.4) is 0 Å². The molecule has 0 amide bonds. The number of hydrogen-bond donors (Lipinski definition) is 0. The maximum Gasteiger partial charge on any atom is 0.149 e. The predicted octanol–water partition coefficient (Wildman–Crippen LogP) is 4.20. The Bertz CT molecular complexity index is 850. The number of methoxy groups -OCH3 is 1. The summed E-state index contributed by atoms with van der Waals surface area (Å²) in [5, 5.41) is 0. The van der Waals surface area contributed by atoms with E-state index in [1.807, 2.05) is 50.1 Å². The Morgan fingerprint density at radius 3 is 2.71 bits per heavy atom. The van der Waals surface area contributed by atoms with Gasteiger partial charge in [-0.3, -0.25) is 0 Å². The fourth-order valence-electron chi connectivity index (χ4n) is 3.09. The molecule has 1 fully saturated rings.